The second-order valence-corrected chi connectivity index (χ2v) is 8.80. The number of rotatable bonds is 4. The molecule has 0 aliphatic carbocycles. The third kappa shape index (κ3) is 3.25. The number of benzene rings is 1. The van der Waals surface area contributed by atoms with Gasteiger partial charge in [-0.2, -0.15) is 4.31 Å². The summed E-state index contributed by atoms with van der Waals surface area (Å²) in [5.74, 6) is 0. The summed E-state index contributed by atoms with van der Waals surface area (Å²) in [5.41, 5.74) is 1.13. The predicted octanol–water partition coefficient (Wildman–Crippen LogP) is 2.69. The van der Waals surface area contributed by atoms with Crippen LogP contribution < -0.4 is 0 Å². The molecule has 1 unspecified atom stereocenters. The van der Waals surface area contributed by atoms with Crippen molar-refractivity contribution in [2.24, 2.45) is 0 Å². The van der Waals surface area contributed by atoms with Crippen LogP contribution in [-0.4, -0.2) is 38.5 Å². The van der Waals surface area contributed by atoms with Gasteiger partial charge in [0.2, 0.25) is 0 Å². The standard InChI is InChI=1S/C16H19NO3S2/c1-13-7-8-16(21-13)22(18,19)17-9-10-20-12-15(17)11-14-5-3-2-4-6-14/h2-8,15H,9-12H2,1H3. The molecule has 2 heterocycles. The van der Waals surface area contributed by atoms with E-state index in [9.17, 15) is 8.42 Å². The van der Waals surface area contributed by atoms with Crippen molar-refractivity contribution in [2.45, 2.75) is 23.6 Å². The van der Waals surface area contributed by atoms with Crippen molar-refractivity contribution in [1.29, 1.82) is 0 Å². The molecular formula is C16H19NO3S2. The van der Waals surface area contributed by atoms with Crippen LogP contribution in [0.15, 0.2) is 46.7 Å². The van der Waals surface area contributed by atoms with Crippen LogP contribution in [0.1, 0.15) is 10.4 Å². The highest BCUT2D eigenvalue weighted by Gasteiger charge is 2.34. The van der Waals surface area contributed by atoms with Crippen molar-refractivity contribution >= 4 is 21.4 Å². The van der Waals surface area contributed by atoms with Crippen LogP contribution in [0.2, 0.25) is 0 Å². The Morgan fingerprint density at radius 2 is 2.00 bits per heavy atom. The number of nitrogens with zero attached hydrogens (tertiary/aromatic N) is 1. The second-order valence-electron chi connectivity index (χ2n) is 5.40. The van der Waals surface area contributed by atoms with Crippen molar-refractivity contribution < 1.29 is 13.2 Å². The molecular weight excluding hydrogens is 318 g/mol. The van der Waals surface area contributed by atoms with Crippen LogP contribution >= 0.6 is 11.3 Å². The number of hydrogen-bond acceptors (Lipinski definition) is 4. The molecule has 1 aliphatic rings. The lowest BCUT2D eigenvalue weighted by Crippen LogP contribution is -2.49. The number of aryl methyl sites for hydroxylation is 1. The zero-order valence-corrected chi connectivity index (χ0v) is 14.1. The first-order valence-corrected chi connectivity index (χ1v) is 9.53. The molecule has 0 saturated carbocycles. The van der Waals surface area contributed by atoms with Gasteiger partial charge in [0, 0.05) is 11.4 Å². The number of ether oxygens (including phenoxy) is 1. The summed E-state index contributed by atoms with van der Waals surface area (Å²) in [6, 6.07) is 13.4. The minimum Gasteiger partial charge on any atom is -0.378 e. The number of thiophene rings is 1. The summed E-state index contributed by atoms with van der Waals surface area (Å²) < 4.78 is 33.3. The van der Waals surface area contributed by atoms with E-state index in [1.54, 1.807) is 10.4 Å². The van der Waals surface area contributed by atoms with Crippen LogP contribution in [0.3, 0.4) is 0 Å². The van der Waals surface area contributed by atoms with E-state index in [2.05, 4.69) is 0 Å². The molecule has 1 aliphatic heterocycles. The van der Waals surface area contributed by atoms with Crippen molar-refractivity contribution in [2.75, 3.05) is 19.8 Å². The quantitative estimate of drug-likeness (QED) is 0.862. The maximum atomic E-state index is 12.9. The Kier molecular flexibility index (Phi) is 4.63. The molecule has 1 saturated heterocycles. The van der Waals surface area contributed by atoms with E-state index in [0.29, 0.717) is 30.4 Å². The number of morpholine rings is 1. The molecule has 0 N–H and O–H groups in total. The molecule has 1 aromatic carbocycles. The number of hydrogen-bond donors (Lipinski definition) is 0. The average Bonchev–Trinajstić information content (AvgIpc) is 2.96. The molecule has 22 heavy (non-hydrogen) atoms. The molecule has 1 atom stereocenters. The van der Waals surface area contributed by atoms with Crippen LogP contribution in [0, 0.1) is 6.92 Å². The van der Waals surface area contributed by atoms with E-state index in [1.807, 2.05) is 43.3 Å². The van der Waals surface area contributed by atoms with Crippen molar-refractivity contribution in [3.63, 3.8) is 0 Å². The van der Waals surface area contributed by atoms with Gasteiger partial charge in [0.25, 0.3) is 10.0 Å². The van der Waals surface area contributed by atoms with E-state index >= 15 is 0 Å². The molecule has 118 valence electrons. The predicted molar refractivity (Wildman–Crippen MR) is 87.7 cm³/mol. The van der Waals surface area contributed by atoms with Crippen LogP contribution in [0.25, 0.3) is 0 Å². The van der Waals surface area contributed by atoms with Crippen LogP contribution in [0.4, 0.5) is 0 Å². The fraction of sp³-hybridized carbons (Fsp3) is 0.375. The third-order valence-electron chi connectivity index (χ3n) is 3.77. The normalized spacial score (nSPS) is 20.1. The maximum Gasteiger partial charge on any atom is 0.252 e. The molecule has 6 heteroatoms. The third-order valence-corrected chi connectivity index (χ3v) is 7.19. The topological polar surface area (TPSA) is 46.6 Å². The average molecular weight is 337 g/mol. The summed E-state index contributed by atoms with van der Waals surface area (Å²) in [5, 5.41) is 0. The highest BCUT2D eigenvalue weighted by Crippen LogP contribution is 2.27. The number of sulfonamides is 1. The summed E-state index contributed by atoms with van der Waals surface area (Å²) in [4.78, 5) is 1.01. The Morgan fingerprint density at radius 1 is 1.23 bits per heavy atom. The lowest BCUT2D eigenvalue weighted by atomic mass is 10.1. The van der Waals surface area contributed by atoms with Gasteiger partial charge >= 0.3 is 0 Å². The van der Waals surface area contributed by atoms with Gasteiger partial charge in [-0.1, -0.05) is 30.3 Å². The van der Waals surface area contributed by atoms with Gasteiger partial charge in [-0.05, 0) is 31.0 Å². The molecule has 0 spiro atoms. The fourth-order valence-electron chi connectivity index (χ4n) is 2.67. The first kappa shape index (κ1) is 15.7. The van der Waals surface area contributed by atoms with E-state index in [1.165, 1.54) is 11.3 Å². The Hall–Kier alpha value is -1.21. The molecule has 0 amide bonds. The van der Waals surface area contributed by atoms with Gasteiger partial charge in [-0.25, -0.2) is 8.42 Å². The lowest BCUT2D eigenvalue weighted by Gasteiger charge is -2.34. The summed E-state index contributed by atoms with van der Waals surface area (Å²) in [6.45, 7) is 3.23. The minimum atomic E-state index is -3.44. The molecule has 2 aromatic rings. The molecule has 1 aromatic heterocycles. The Morgan fingerprint density at radius 3 is 2.68 bits per heavy atom. The highest BCUT2D eigenvalue weighted by molar-refractivity contribution is 7.91. The van der Waals surface area contributed by atoms with Crippen molar-refractivity contribution in [3.8, 4) is 0 Å². The first-order chi connectivity index (χ1) is 10.6. The largest absolute Gasteiger partial charge is 0.378 e. The molecule has 0 radical (unpaired) electrons. The Balaban J connectivity index is 1.86. The molecule has 1 fully saturated rings. The second kappa shape index (κ2) is 6.50. The van der Waals surface area contributed by atoms with Gasteiger partial charge < -0.3 is 4.74 Å². The van der Waals surface area contributed by atoms with Gasteiger partial charge in [0.15, 0.2) is 0 Å². The zero-order valence-electron chi connectivity index (χ0n) is 12.4. The summed E-state index contributed by atoms with van der Waals surface area (Å²) in [7, 11) is -3.44. The monoisotopic (exact) mass is 337 g/mol. The van der Waals surface area contributed by atoms with E-state index < -0.39 is 10.0 Å². The van der Waals surface area contributed by atoms with Gasteiger partial charge in [0.05, 0.1) is 19.3 Å². The summed E-state index contributed by atoms with van der Waals surface area (Å²) in [6.07, 6.45) is 0.671. The van der Waals surface area contributed by atoms with E-state index in [0.717, 1.165) is 10.4 Å². The van der Waals surface area contributed by atoms with Crippen LogP contribution in [0.5, 0.6) is 0 Å². The SMILES string of the molecule is Cc1ccc(S(=O)(=O)N2CCOCC2Cc2ccccc2)s1. The first-order valence-electron chi connectivity index (χ1n) is 7.27. The molecule has 0 bridgehead atoms. The van der Waals surface area contributed by atoms with Crippen LogP contribution in [-0.2, 0) is 21.2 Å². The zero-order chi connectivity index (χ0) is 15.6. The summed E-state index contributed by atoms with van der Waals surface area (Å²) >= 11 is 1.33. The maximum absolute atomic E-state index is 12.9. The highest BCUT2D eigenvalue weighted by atomic mass is 32.2. The molecule has 4 nitrogen and oxygen atoms in total. The van der Waals surface area contributed by atoms with Crippen molar-refractivity contribution in [1.82, 2.24) is 4.31 Å². The smallest absolute Gasteiger partial charge is 0.252 e. The Bertz CT molecular complexity index is 725. The molecule has 3 rings (SSSR count). The van der Waals surface area contributed by atoms with E-state index in [-0.39, 0.29) is 6.04 Å². The fourth-order valence-corrected chi connectivity index (χ4v) is 5.68. The van der Waals surface area contributed by atoms with Gasteiger partial charge in [0.1, 0.15) is 4.21 Å². The Labute approximate surface area is 135 Å². The van der Waals surface area contributed by atoms with Crippen molar-refractivity contribution in [3.05, 3.63) is 52.9 Å². The lowest BCUT2D eigenvalue weighted by molar-refractivity contribution is 0.0329. The van der Waals surface area contributed by atoms with Gasteiger partial charge in [-0.3, -0.25) is 0 Å². The van der Waals surface area contributed by atoms with Gasteiger partial charge in [-0.15, -0.1) is 11.3 Å². The van der Waals surface area contributed by atoms with E-state index in [4.69, 9.17) is 4.74 Å². The minimum absolute atomic E-state index is 0.149.